The molecule has 1 aromatic carbocycles. The molecular weight excluding hydrogens is 208 g/mol. The minimum absolute atomic E-state index is 0.140. The lowest BCUT2D eigenvalue weighted by atomic mass is 10.1. The number of benzene rings is 1. The molecule has 0 aliphatic rings. The van der Waals surface area contributed by atoms with Gasteiger partial charge in [-0.1, -0.05) is 12.1 Å². The largest absolute Gasteiger partial charge is 0.504 e. The van der Waals surface area contributed by atoms with E-state index in [-0.39, 0.29) is 17.1 Å². The topological polar surface area (TPSA) is 96.3 Å². The molecule has 0 saturated heterocycles. The summed E-state index contributed by atoms with van der Waals surface area (Å²) in [6, 6.07) is 6.37. The van der Waals surface area contributed by atoms with Gasteiger partial charge in [-0.2, -0.15) is 5.26 Å². The molecule has 5 nitrogen and oxygen atoms in total. The maximum absolute atomic E-state index is 10.8. The van der Waals surface area contributed by atoms with E-state index in [9.17, 15) is 9.90 Å². The van der Waals surface area contributed by atoms with Crippen LogP contribution in [-0.4, -0.2) is 18.1 Å². The number of para-hydroxylation sites is 1. The van der Waals surface area contributed by atoms with Gasteiger partial charge in [0.2, 0.25) is 0 Å². The third-order valence-corrected chi connectivity index (χ3v) is 1.94. The van der Waals surface area contributed by atoms with E-state index in [0.29, 0.717) is 5.56 Å². The number of carbonyl (C=O) groups excluding carboxylic acids is 1. The Hall–Kier alpha value is -2.48. The van der Waals surface area contributed by atoms with E-state index in [1.165, 1.54) is 19.3 Å². The molecule has 5 heteroatoms. The molecule has 0 spiro atoms. The summed E-state index contributed by atoms with van der Waals surface area (Å²) >= 11 is 0. The van der Waals surface area contributed by atoms with Crippen LogP contribution in [-0.2, 0) is 4.79 Å². The second kappa shape index (κ2) is 4.84. The molecule has 0 saturated carbocycles. The highest BCUT2D eigenvalue weighted by molar-refractivity contribution is 6.00. The van der Waals surface area contributed by atoms with Crippen molar-refractivity contribution in [1.29, 1.82) is 5.26 Å². The molecule has 3 N–H and O–H groups in total. The van der Waals surface area contributed by atoms with Crippen molar-refractivity contribution in [2.45, 2.75) is 0 Å². The van der Waals surface area contributed by atoms with Gasteiger partial charge in [0, 0.05) is 5.56 Å². The van der Waals surface area contributed by atoms with Gasteiger partial charge in [0.25, 0.3) is 5.91 Å². The van der Waals surface area contributed by atoms with Crippen LogP contribution in [0.15, 0.2) is 23.8 Å². The first kappa shape index (κ1) is 11.6. The summed E-state index contributed by atoms with van der Waals surface area (Å²) in [7, 11) is 1.40. The molecular formula is C11H10N2O3. The number of amides is 1. The molecule has 0 fully saturated rings. The third kappa shape index (κ3) is 2.30. The molecule has 0 bridgehead atoms. The molecule has 0 aliphatic carbocycles. The van der Waals surface area contributed by atoms with Crippen LogP contribution in [0, 0.1) is 11.3 Å². The number of nitrogens with zero attached hydrogens (tertiary/aromatic N) is 1. The van der Waals surface area contributed by atoms with Crippen LogP contribution in [0.2, 0.25) is 0 Å². The average molecular weight is 218 g/mol. The molecule has 0 aliphatic heterocycles. The minimum Gasteiger partial charge on any atom is -0.504 e. The Morgan fingerprint density at radius 2 is 2.31 bits per heavy atom. The number of nitriles is 1. The van der Waals surface area contributed by atoms with E-state index < -0.39 is 5.91 Å². The second-order valence-corrected chi connectivity index (χ2v) is 2.93. The molecule has 16 heavy (non-hydrogen) atoms. The first-order valence-corrected chi connectivity index (χ1v) is 4.37. The number of nitrogens with two attached hydrogens (primary N) is 1. The Labute approximate surface area is 92.4 Å². The average Bonchev–Trinajstić information content (AvgIpc) is 2.27. The molecule has 82 valence electrons. The van der Waals surface area contributed by atoms with Crippen LogP contribution in [0.1, 0.15) is 5.56 Å². The number of carbonyl (C=O) groups is 1. The fourth-order valence-electron chi connectivity index (χ4n) is 1.13. The fraction of sp³-hybridized carbons (Fsp3) is 0.0909. The summed E-state index contributed by atoms with van der Waals surface area (Å²) < 4.78 is 4.88. The highest BCUT2D eigenvalue weighted by atomic mass is 16.5. The van der Waals surface area contributed by atoms with Gasteiger partial charge in [0.05, 0.1) is 7.11 Å². The van der Waals surface area contributed by atoms with Gasteiger partial charge in [-0.15, -0.1) is 0 Å². The third-order valence-electron chi connectivity index (χ3n) is 1.94. The summed E-state index contributed by atoms with van der Waals surface area (Å²) in [6.45, 7) is 0. The van der Waals surface area contributed by atoms with Crippen LogP contribution in [0.3, 0.4) is 0 Å². The maximum atomic E-state index is 10.8. The molecule has 0 heterocycles. The first-order chi connectivity index (χ1) is 7.60. The summed E-state index contributed by atoms with van der Waals surface area (Å²) in [5.74, 6) is -0.723. The summed E-state index contributed by atoms with van der Waals surface area (Å²) in [6.07, 6.45) is 1.21. The number of methoxy groups -OCH3 is 1. The van der Waals surface area contributed by atoms with E-state index in [4.69, 9.17) is 15.7 Å². The number of rotatable bonds is 3. The number of primary amides is 1. The summed E-state index contributed by atoms with van der Waals surface area (Å²) in [5, 5.41) is 18.3. The zero-order valence-electron chi connectivity index (χ0n) is 8.60. The molecule has 0 unspecified atom stereocenters. The van der Waals surface area contributed by atoms with Crippen molar-refractivity contribution >= 4 is 12.0 Å². The summed E-state index contributed by atoms with van der Waals surface area (Å²) in [5.41, 5.74) is 5.04. The van der Waals surface area contributed by atoms with Crippen LogP contribution in [0.4, 0.5) is 0 Å². The van der Waals surface area contributed by atoms with Crippen LogP contribution < -0.4 is 10.5 Å². The Balaban J connectivity index is 3.25. The van der Waals surface area contributed by atoms with Gasteiger partial charge < -0.3 is 15.6 Å². The highest BCUT2D eigenvalue weighted by Gasteiger charge is 2.08. The van der Waals surface area contributed by atoms with Crippen molar-refractivity contribution < 1.29 is 14.6 Å². The predicted molar refractivity (Wildman–Crippen MR) is 57.4 cm³/mol. The van der Waals surface area contributed by atoms with E-state index >= 15 is 0 Å². The number of aromatic hydroxyl groups is 1. The number of hydrogen-bond donors (Lipinski definition) is 2. The smallest absolute Gasteiger partial charge is 0.259 e. The van der Waals surface area contributed by atoms with Gasteiger partial charge in [-0.3, -0.25) is 4.79 Å². The number of hydrogen-bond acceptors (Lipinski definition) is 4. The van der Waals surface area contributed by atoms with Crippen molar-refractivity contribution in [3.8, 4) is 17.6 Å². The van der Waals surface area contributed by atoms with Crippen molar-refractivity contribution in [2.75, 3.05) is 7.11 Å². The van der Waals surface area contributed by atoms with E-state index in [2.05, 4.69) is 0 Å². The fourth-order valence-corrected chi connectivity index (χ4v) is 1.13. The Morgan fingerprint density at radius 3 is 2.81 bits per heavy atom. The standard InChI is InChI=1S/C11H10N2O3/c1-16-9-4-2-3-7(10(9)14)5-8(6-12)11(13)15/h2-5,14H,1H3,(H2,13,15)/b8-5-. The van der Waals surface area contributed by atoms with Crippen molar-refractivity contribution in [2.24, 2.45) is 5.73 Å². The van der Waals surface area contributed by atoms with Crippen molar-refractivity contribution in [3.63, 3.8) is 0 Å². The van der Waals surface area contributed by atoms with Crippen molar-refractivity contribution in [3.05, 3.63) is 29.3 Å². The van der Waals surface area contributed by atoms with E-state index in [0.717, 1.165) is 0 Å². The molecule has 1 aromatic rings. The molecule has 1 rings (SSSR count). The van der Waals surface area contributed by atoms with Crippen molar-refractivity contribution in [1.82, 2.24) is 0 Å². The zero-order chi connectivity index (χ0) is 12.1. The lowest BCUT2D eigenvalue weighted by Crippen LogP contribution is -2.12. The van der Waals surface area contributed by atoms with E-state index in [1.807, 2.05) is 0 Å². The molecule has 0 atom stereocenters. The number of phenols is 1. The molecule has 0 radical (unpaired) electrons. The van der Waals surface area contributed by atoms with Crippen LogP contribution in [0.5, 0.6) is 11.5 Å². The zero-order valence-corrected chi connectivity index (χ0v) is 8.60. The Kier molecular flexibility index (Phi) is 3.51. The van der Waals surface area contributed by atoms with Gasteiger partial charge >= 0.3 is 0 Å². The number of ether oxygens (including phenoxy) is 1. The van der Waals surface area contributed by atoms with Gasteiger partial charge in [0.15, 0.2) is 11.5 Å². The highest BCUT2D eigenvalue weighted by Crippen LogP contribution is 2.30. The lowest BCUT2D eigenvalue weighted by molar-refractivity contribution is -0.114. The quantitative estimate of drug-likeness (QED) is 0.579. The SMILES string of the molecule is COc1cccc(/C=C(/C#N)C(N)=O)c1O. The summed E-state index contributed by atoms with van der Waals surface area (Å²) in [4.78, 5) is 10.8. The normalized spacial score (nSPS) is 10.6. The Morgan fingerprint density at radius 1 is 1.62 bits per heavy atom. The first-order valence-electron chi connectivity index (χ1n) is 4.37. The van der Waals surface area contributed by atoms with Gasteiger partial charge in [-0.05, 0) is 12.1 Å². The number of phenolic OH excluding ortho intramolecular Hbond substituents is 1. The predicted octanol–water partition coefficient (Wildman–Crippen LogP) is 0.793. The second-order valence-electron chi connectivity index (χ2n) is 2.93. The van der Waals surface area contributed by atoms with Gasteiger partial charge in [-0.25, -0.2) is 0 Å². The van der Waals surface area contributed by atoms with Crippen LogP contribution in [0.25, 0.3) is 6.08 Å². The van der Waals surface area contributed by atoms with Crippen LogP contribution >= 0.6 is 0 Å². The Bertz CT molecular complexity index is 486. The van der Waals surface area contributed by atoms with E-state index in [1.54, 1.807) is 18.2 Å². The molecule has 0 aromatic heterocycles. The lowest BCUT2D eigenvalue weighted by Gasteiger charge is -2.05. The minimum atomic E-state index is -0.843. The van der Waals surface area contributed by atoms with Gasteiger partial charge in [0.1, 0.15) is 11.6 Å². The molecule has 1 amide bonds. The monoisotopic (exact) mass is 218 g/mol. The maximum Gasteiger partial charge on any atom is 0.259 e.